The minimum Gasteiger partial charge on any atom is -0.381 e. The van der Waals surface area contributed by atoms with Crippen LogP contribution < -0.4 is 0 Å². The Balaban J connectivity index is 2.08. The predicted octanol–water partition coefficient (Wildman–Crippen LogP) is 2.92. The van der Waals surface area contributed by atoms with Crippen LogP contribution in [-0.4, -0.2) is 39.0 Å². The first-order valence-electron chi connectivity index (χ1n) is 7.31. The van der Waals surface area contributed by atoms with Crippen LogP contribution in [-0.2, 0) is 20.5 Å². The molecule has 0 aliphatic carbocycles. The average Bonchev–Trinajstić information content (AvgIpc) is 2.90. The van der Waals surface area contributed by atoms with Gasteiger partial charge in [0.2, 0.25) is 10.0 Å². The third kappa shape index (κ3) is 4.95. The van der Waals surface area contributed by atoms with E-state index < -0.39 is 10.0 Å². The summed E-state index contributed by atoms with van der Waals surface area (Å²) in [7, 11) is -3.32. The van der Waals surface area contributed by atoms with E-state index in [0.29, 0.717) is 30.6 Å². The number of benzene rings is 1. The summed E-state index contributed by atoms with van der Waals surface area (Å²) in [5.41, 5.74) is 0.728. The Morgan fingerprint density at radius 2 is 2.24 bits per heavy atom. The SMILES string of the molecule is CCCN(CC1CCOC1)S(=O)(=O)Cc1cccc(Cl)c1. The van der Waals surface area contributed by atoms with E-state index in [9.17, 15) is 8.42 Å². The Morgan fingerprint density at radius 3 is 2.86 bits per heavy atom. The van der Waals surface area contributed by atoms with Crippen molar-refractivity contribution in [2.24, 2.45) is 5.92 Å². The summed E-state index contributed by atoms with van der Waals surface area (Å²) in [4.78, 5) is 0. The van der Waals surface area contributed by atoms with Gasteiger partial charge in [0.1, 0.15) is 0 Å². The second-order valence-electron chi connectivity index (χ2n) is 5.47. The van der Waals surface area contributed by atoms with Crippen molar-refractivity contribution >= 4 is 21.6 Å². The zero-order valence-electron chi connectivity index (χ0n) is 12.3. The van der Waals surface area contributed by atoms with Crippen molar-refractivity contribution in [3.8, 4) is 0 Å². The van der Waals surface area contributed by atoms with Gasteiger partial charge in [-0.1, -0.05) is 30.7 Å². The van der Waals surface area contributed by atoms with Crippen molar-refractivity contribution in [3.63, 3.8) is 0 Å². The van der Waals surface area contributed by atoms with E-state index in [4.69, 9.17) is 16.3 Å². The van der Waals surface area contributed by atoms with Crippen LogP contribution >= 0.6 is 11.6 Å². The lowest BCUT2D eigenvalue weighted by Gasteiger charge is -2.24. The molecular weight excluding hydrogens is 310 g/mol. The van der Waals surface area contributed by atoms with E-state index in [-0.39, 0.29) is 5.75 Å². The van der Waals surface area contributed by atoms with Gasteiger partial charge >= 0.3 is 0 Å². The van der Waals surface area contributed by atoms with Crippen molar-refractivity contribution in [1.82, 2.24) is 4.31 Å². The summed E-state index contributed by atoms with van der Waals surface area (Å²) < 4.78 is 32.2. The van der Waals surface area contributed by atoms with Crippen molar-refractivity contribution < 1.29 is 13.2 Å². The molecule has 1 unspecified atom stereocenters. The van der Waals surface area contributed by atoms with Crippen molar-refractivity contribution in [3.05, 3.63) is 34.9 Å². The molecule has 1 atom stereocenters. The number of nitrogens with zero attached hydrogens (tertiary/aromatic N) is 1. The molecule has 118 valence electrons. The molecule has 1 heterocycles. The lowest BCUT2D eigenvalue weighted by molar-refractivity contribution is 0.180. The van der Waals surface area contributed by atoms with Gasteiger partial charge in [-0.05, 0) is 36.5 Å². The molecule has 0 radical (unpaired) electrons. The lowest BCUT2D eigenvalue weighted by atomic mass is 10.1. The molecule has 4 nitrogen and oxygen atoms in total. The molecule has 21 heavy (non-hydrogen) atoms. The van der Waals surface area contributed by atoms with Gasteiger partial charge in [0.15, 0.2) is 0 Å². The van der Waals surface area contributed by atoms with Crippen LogP contribution in [0, 0.1) is 5.92 Å². The molecular formula is C15H22ClNO3S. The third-order valence-electron chi connectivity index (χ3n) is 3.59. The standard InChI is InChI=1S/C15H22ClNO3S/c1-2-7-17(10-14-6-8-20-11-14)21(18,19)12-13-4-3-5-15(16)9-13/h3-5,9,14H,2,6-8,10-12H2,1H3. The van der Waals surface area contributed by atoms with Crippen LogP contribution in [0.3, 0.4) is 0 Å². The second kappa shape index (κ2) is 7.58. The summed E-state index contributed by atoms with van der Waals surface area (Å²) in [5.74, 6) is 0.312. The monoisotopic (exact) mass is 331 g/mol. The molecule has 0 saturated carbocycles. The molecule has 1 fully saturated rings. The molecule has 0 N–H and O–H groups in total. The van der Waals surface area contributed by atoms with Gasteiger partial charge in [-0.15, -0.1) is 0 Å². The quantitative estimate of drug-likeness (QED) is 0.771. The van der Waals surface area contributed by atoms with Crippen LogP contribution in [0.1, 0.15) is 25.3 Å². The van der Waals surface area contributed by atoms with E-state index in [1.165, 1.54) is 0 Å². The predicted molar refractivity (Wildman–Crippen MR) is 84.9 cm³/mol. The van der Waals surface area contributed by atoms with Crippen LogP contribution in [0.25, 0.3) is 0 Å². The molecule has 1 aliphatic heterocycles. The maximum Gasteiger partial charge on any atom is 0.218 e. The van der Waals surface area contributed by atoms with E-state index >= 15 is 0 Å². The molecule has 1 aromatic carbocycles. The van der Waals surface area contributed by atoms with Gasteiger partial charge in [0.25, 0.3) is 0 Å². The summed E-state index contributed by atoms with van der Waals surface area (Å²) in [5, 5.41) is 0.564. The smallest absolute Gasteiger partial charge is 0.218 e. The normalized spacial score (nSPS) is 19.3. The number of ether oxygens (including phenoxy) is 1. The zero-order valence-corrected chi connectivity index (χ0v) is 13.9. The van der Waals surface area contributed by atoms with Gasteiger partial charge < -0.3 is 4.74 Å². The highest BCUT2D eigenvalue weighted by molar-refractivity contribution is 7.88. The average molecular weight is 332 g/mol. The Kier molecular flexibility index (Phi) is 6.05. The van der Waals surface area contributed by atoms with Gasteiger partial charge in [0, 0.05) is 24.7 Å². The largest absolute Gasteiger partial charge is 0.381 e. The maximum atomic E-state index is 12.6. The van der Waals surface area contributed by atoms with Gasteiger partial charge in [-0.2, -0.15) is 0 Å². The van der Waals surface area contributed by atoms with Crippen LogP contribution in [0.5, 0.6) is 0 Å². The summed E-state index contributed by atoms with van der Waals surface area (Å²) in [6, 6.07) is 7.04. The third-order valence-corrected chi connectivity index (χ3v) is 5.64. The Hall–Kier alpha value is -0.620. The maximum absolute atomic E-state index is 12.6. The van der Waals surface area contributed by atoms with E-state index in [1.807, 2.05) is 6.92 Å². The first kappa shape index (κ1) is 16.7. The summed E-state index contributed by atoms with van der Waals surface area (Å²) >= 11 is 5.93. The zero-order chi connectivity index (χ0) is 15.3. The number of sulfonamides is 1. The second-order valence-corrected chi connectivity index (χ2v) is 7.88. The minimum absolute atomic E-state index is 0.00113. The fraction of sp³-hybridized carbons (Fsp3) is 0.600. The Labute approximate surface area is 132 Å². The van der Waals surface area contributed by atoms with E-state index in [1.54, 1.807) is 28.6 Å². The fourth-order valence-electron chi connectivity index (χ4n) is 2.54. The van der Waals surface area contributed by atoms with E-state index in [0.717, 1.165) is 25.0 Å². The minimum atomic E-state index is -3.32. The fourth-order valence-corrected chi connectivity index (χ4v) is 4.43. The van der Waals surface area contributed by atoms with Crippen molar-refractivity contribution in [1.29, 1.82) is 0 Å². The van der Waals surface area contributed by atoms with Gasteiger partial charge in [0.05, 0.1) is 12.4 Å². The molecule has 0 aromatic heterocycles. The molecule has 1 saturated heterocycles. The molecule has 1 aliphatic rings. The first-order valence-corrected chi connectivity index (χ1v) is 9.30. The number of halogens is 1. The van der Waals surface area contributed by atoms with Crippen LogP contribution in [0.15, 0.2) is 24.3 Å². The van der Waals surface area contributed by atoms with Crippen molar-refractivity contribution in [2.75, 3.05) is 26.3 Å². The topological polar surface area (TPSA) is 46.6 Å². The number of hydrogen-bond acceptors (Lipinski definition) is 3. The van der Waals surface area contributed by atoms with Crippen LogP contribution in [0.4, 0.5) is 0 Å². The molecule has 6 heteroatoms. The highest BCUT2D eigenvalue weighted by atomic mass is 35.5. The summed E-state index contributed by atoms with van der Waals surface area (Å²) in [6.07, 6.45) is 1.75. The molecule has 0 amide bonds. The molecule has 0 bridgehead atoms. The Bertz CT molecular complexity index is 556. The number of hydrogen-bond donors (Lipinski definition) is 0. The Morgan fingerprint density at radius 1 is 1.43 bits per heavy atom. The first-order chi connectivity index (χ1) is 10.0. The van der Waals surface area contributed by atoms with Gasteiger partial charge in [-0.3, -0.25) is 0 Å². The highest BCUT2D eigenvalue weighted by Crippen LogP contribution is 2.20. The number of rotatable bonds is 7. The molecule has 1 aromatic rings. The molecule has 2 rings (SSSR count). The van der Waals surface area contributed by atoms with E-state index in [2.05, 4.69) is 0 Å². The van der Waals surface area contributed by atoms with Crippen LogP contribution in [0.2, 0.25) is 5.02 Å². The summed E-state index contributed by atoms with van der Waals surface area (Å²) in [6.45, 7) is 4.50. The highest BCUT2D eigenvalue weighted by Gasteiger charge is 2.27. The van der Waals surface area contributed by atoms with Crippen molar-refractivity contribution in [2.45, 2.75) is 25.5 Å². The molecule has 0 spiro atoms. The van der Waals surface area contributed by atoms with Gasteiger partial charge in [-0.25, -0.2) is 12.7 Å². The lowest BCUT2D eigenvalue weighted by Crippen LogP contribution is -2.37.